The summed E-state index contributed by atoms with van der Waals surface area (Å²) in [5, 5.41) is 12.9. The molecular weight excluding hydrogens is 356 g/mol. The van der Waals surface area contributed by atoms with Crippen LogP contribution < -0.4 is 19.7 Å². The van der Waals surface area contributed by atoms with E-state index in [-0.39, 0.29) is 0 Å². The van der Waals surface area contributed by atoms with Crippen molar-refractivity contribution >= 4 is 11.6 Å². The highest BCUT2D eigenvalue weighted by Crippen LogP contribution is 2.28. The van der Waals surface area contributed by atoms with Crippen LogP contribution in [0.5, 0.6) is 11.5 Å². The zero-order valence-corrected chi connectivity index (χ0v) is 16.6. The van der Waals surface area contributed by atoms with E-state index in [1.807, 2.05) is 31.2 Å². The molecule has 0 unspecified atom stereocenters. The van der Waals surface area contributed by atoms with E-state index in [0.717, 1.165) is 36.5 Å². The fraction of sp³-hybridized carbons (Fsp3) is 0.429. The Morgan fingerprint density at radius 1 is 1.18 bits per heavy atom. The van der Waals surface area contributed by atoms with E-state index in [1.54, 1.807) is 14.2 Å². The molecule has 7 nitrogen and oxygen atoms in total. The van der Waals surface area contributed by atoms with Gasteiger partial charge in [-0.05, 0) is 42.7 Å². The average molecular weight is 382 g/mol. The first-order valence-corrected chi connectivity index (χ1v) is 9.35. The molecule has 1 fully saturated rings. The molecule has 1 saturated heterocycles. The maximum Gasteiger partial charge on any atom is 0.160 e. The normalized spacial score (nSPS) is 13.7. The fourth-order valence-corrected chi connectivity index (χ4v) is 3.24. The number of hydrogen-bond donors (Lipinski definition) is 1. The topological polar surface area (TPSA) is 79.6 Å². The zero-order chi connectivity index (χ0) is 19.9. The Morgan fingerprint density at radius 3 is 2.61 bits per heavy atom. The van der Waals surface area contributed by atoms with Crippen molar-refractivity contribution in [2.45, 2.75) is 13.3 Å². The molecule has 1 aliphatic rings. The Labute approximate surface area is 165 Å². The number of morpholine rings is 1. The van der Waals surface area contributed by atoms with Crippen molar-refractivity contribution in [1.29, 1.82) is 5.26 Å². The first-order chi connectivity index (χ1) is 13.7. The Hall–Kier alpha value is -2.98. The van der Waals surface area contributed by atoms with Gasteiger partial charge in [-0.3, -0.25) is 0 Å². The number of aryl methyl sites for hydroxylation is 1. The van der Waals surface area contributed by atoms with Gasteiger partial charge in [0.25, 0.3) is 0 Å². The lowest BCUT2D eigenvalue weighted by Gasteiger charge is -2.28. The van der Waals surface area contributed by atoms with Gasteiger partial charge in [0.05, 0.1) is 33.0 Å². The molecule has 1 N–H and O–H groups in total. The maximum atomic E-state index is 9.55. The minimum Gasteiger partial charge on any atom is -0.493 e. The molecule has 28 heavy (non-hydrogen) atoms. The third kappa shape index (κ3) is 4.46. The van der Waals surface area contributed by atoms with Gasteiger partial charge >= 0.3 is 0 Å². The average Bonchev–Trinajstić information content (AvgIpc) is 2.74. The Balaban J connectivity index is 1.72. The van der Waals surface area contributed by atoms with E-state index in [1.165, 1.54) is 0 Å². The highest BCUT2D eigenvalue weighted by Gasteiger charge is 2.16. The number of pyridine rings is 1. The van der Waals surface area contributed by atoms with E-state index < -0.39 is 0 Å². The largest absolute Gasteiger partial charge is 0.493 e. The zero-order valence-electron chi connectivity index (χ0n) is 16.6. The molecule has 0 atom stereocenters. The SMILES string of the molecule is COc1ccc(CCNc2nc(N3CCOCC3)cc(C)c2C#N)cc1OC. The molecule has 0 bridgehead atoms. The van der Waals surface area contributed by atoms with Gasteiger partial charge in [0, 0.05) is 19.6 Å². The second kappa shape index (κ2) is 9.29. The molecule has 0 radical (unpaired) electrons. The van der Waals surface area contributed by atoms with Crippen molar-refractivity contribution in [3.63, 3.8) is 0 Å². The Kier molecular flexibility index (Phi) is 6.56. The third-order valence-corrected chi connectivity index (χ3v) is 4.80. The molecule has 148 valence electrons. The van der Waals surface area contributed by atoms with Gasteiger partial charge in [-0.2, -0.15) is 5.26 Å². The van der Waals surface area contributed by atoms with Crippen molar-refractivity contribution in [3.8, 4) is 17.6 Å². The predicted molar refractivity (Wildman–Crippen MR) is 108 cm³/mol. The first-order valence-electron chi connectivity index (χ1n) is 9.35. The van der Waals surface area contributed by atoms with E-state index in [9.17, 15) is 5.26 Å². The summed E-state index contributed by atoms with van der Waals surface area (Å²) in [6.07, 6.45) is 0.772. The lowest BCUT2D eigenvalue weighted by Crippen LogP contribution is -2.37. The smallest absolute Gasteiger partial charge is 0.160 e. The Bertz CT molecular complexity index is 857. The number of benzene rings is 1. The summed E-state index contributed by atoms with van der Waals surface area (Å²) in [6, 6.07) is 10.1. The predicted octanol–water partition coefficient (Wildman–Crippen LogP) is 2.77. The van der Waals surface area contributed by atoms with Gasteiger partial charge in [-0.25, -0.2) is 4.98 Å². The molecule has 0 saturated carbocycles. The monoisotopic (exact) mass is 382 g/mol. The highest BCUT2D eigenvalue weighted by atomic mass is 16.5. The van der Waals surface area contributed by atoms with Crippen molar-refractivity contribution < 1.29 is 14.2 Å². The summed E-state index contributed by atoms with van der Waals surface area (Å²) < 4.78 is 16.1. The maximum absolute atomic E-state index is 9.55. The first kappa shape index (κ1) is 19.8. The number of aromatic nitrogens is 1. The molecule has 0 aliphatic carbocycles. The van der Waals surface area contributed by atoms with Crippen molar-refractivity contribution in [2.75, 3.05) is 57.3 Å². The van der Waals surface area contributed by atoms with Gasteiger partial charge < -0.3 is 24.4 Å². The molecule has 2 aromatic rings. The number of rotatable bonds is 7. The molecule has 3 rings (SSSR count). The molecular formula is C21H26N4O3. The van der Waals surface area contributed by atoms with E-state index in [0.29, 0.717) is 42.6 Å². The van der Waals surface area contributed by atoms with Crippen LogP contribution in [0.3, 0.4) is 0 Å². The second-order valence-corrected chi connectivity index (χ2v) is 6.60. The van der Waals surface area contributed by atoms with Crippen LogP contribution in [0.4, 0.5) is 11.6 Å². The molecule has 1 aromatic carbocycles. The van der Waals surface area contributed by atoms with Gasteiger partial charge in [0.1, 0.15) is 17.7 Å². The van der Waals surface area contributed by atoms with Crippen LogP contribution in [-0.2, 0) is 11.2 Å². The van der Waals surface area contributed by atoms with Gasteiger partial charge in [-0.15, -0.1) is 0 Å². The van der Waals surface area contributed by atoms with Crippen LogP contribution in [0.2, 0.25) is 0 Å². The van der Waals surface area contributed by atoms with Crippen LogP contribution in [0.1, 0.15) is 16.7 Å². The third-order valence-electron chi connectivity index (χ3n) is 4.80. The molecule has 1 aromatic heterocycles. The van der Waals surface area contributed by atoms with Crippen molar-refractivity contribution in [1.82, 2.24) is 4.98 Å². The minimum atomic E-state index is 0.587. The molecule has 0 amide bonds. The van der Waals surface area contributed by atoms with Gasteiger partial charge in [0.2, 0.25) is 0 Å². The quantitative estimate of drug-likeness (QED) is 0.789. The number of nitrogens with zero attached hydrogens (tertiary/aromatic N) is 3. The minimum absolute atomic E-state index is 0.587. The summed E-state index contributed by atoms with van der Waals surface area (Å²) in [5.41, 5.74) is 2.63. The summed E-state index contributed by atoms with van der Waals surface area (Å²) in [7, 11) is 3.25. The molecule has 1 aliphatic heterocycles. The molecule has 0 spiro atoms. The number of hydrogen-bond acceptors (Lipinski definition) is 7. The van der Waals surface area contributed by atoms with Crippen LogP contribution >= 0.6 is 0 Å². The van der Waals surface area contributed by atoms with Crippen LogP contribution in [-0.4, -0.2) is 52.1 Å². The van der Waals surface area contributed by atoms with Gasteiger partial charge in [0.15, 0.2) is 11.5 Å². The highest BCUT2D eigenvalue weighted by molar-refractivity contribution is 5.61. The molecule has 7 heteroatoms. The van der Waals surface area contributed by atoms with Gasteiger partial charge in [-0.1, -0.05) is 6.07 Å². The number of nitrogens with one attached hydrogen (secondary N) is 1. The summed E-state index contributed by atoms with van der Waals surface area (Å²) in [6.45, 7) is 5.62. The van der Waals surface area contributed by atoms with Crippen molar-refractivity contribution in [2.24, 2.45) is 0 Å². The fourth-order valence-electron chi connectivity index (χ4n) is 3.24. The van der Waals surface area contributed by atoms with Crippen molar-refractivity contribution in [3.05, 3.63) is 41.0 Å². The second-order valence-electron chi connectivity index (χ2n) is 6.60. The standard InChI is InChI=1S/C21H26N4O3/c1-15-12-20(25-8-10-28-11-9-25)24-21(17(15)14-22)23-7-6-16-4-5-18(26-2)19(13-16)27-3/h4-5,12-13H,6-11H2,1-3H3,(H,23,24). The van der Waals surface area contributed by atoms with Crippen LogP contribution in [0, 0.1) is 18.3 Å². The van der Waals surface area contributed by atoms with E-state index in [2.05, 4.69) is 16.3 Å². The van der Waals surface area contributed by atoms with Crippen LogP contribution in [0.15, 0.2) is 24.3 Å². The number of ether oxygens (including phenoxy) is 3. The summed E-state index contributed by atoms with van der Waals surface area (Å²) in [5.74, 6) is 2.93. The van der Waals surface area contributed by atoms with E-state index in [4.69, 9.17) is 19.2 Å². The molecule has 2 heterocycles. The lowest BCUT2D eigenvalue weighted by atomic mass is 10.1. The summed E-state index contributed by atoms with van der Waals surface area (Å²) >= 11 is 0. The number of nitriles is 1. The van der Waals surface area contributed by atoms with E-state index >= 15 is 0 Å². The number of methoxy groups -OCH3 is 2. The Morgan fingerprint density at radius 2 is 1.93 bits per heavy atom. The number of anilines is 2. The lowest BCUT2D eigenvalue weighted by molar-refractivity contribution is 0.122. The van der Waals surface area contributed by atoms with Crippen LogP contribution in [0.25, 0.3) is 0 Å². The summed E-state index contributed by atoms with van der Waals surface area (Å²) in [4.78, 5) is 6.90.